The van der Waals surface area contributed by atoms with Gasteiger partial charge in [-0.3, -0.25) is 9.89 Å². The Morgan fingerprint density at radius 1 is 1.11 bits per heavy atom. The Kier molecular flexibility index (Phi) is 4.64. The smallest absolute Gasteiger partial charge is 0.274 e. The second kappa shape index (κ2) is 7.25. The largest absolute Gasteiger partial charge is 0.487 e. The predicted molar refractivity (Wildman–Crippen MR) is 104 cm³/mol. The minimum atomic E-state index is -0.241. The molecule has 0 bridgehead atoms. The molecule has 0 fully saturated rings. The summed E-state index contributed by atoms with van der Waals surface area (Å²) in [6.07, 6.45) is 0.754. The van der Waals surface area contributed by atoms with Crippen molar-refractivity contribution in [3.63, 3.8) is 0 Å². The molecule has 0 atom stereocenters. The van der Waals surface area contributed by atoms with Gasteiger partial charge in [-0.05, 0) is 18.6 Å². The summed E-state index contributed by atoms with van der Waals surface area (Å²) >= 11 is 6.21. The van der Waals surface area contributed by atoms with Crippen molar-refractivity contribution >= 4 is 17.4 Å². The maximum atomic E-state index is 12.4. The normalized spacial score (nSPS) is 11.0. The number of aromatic amines is 1. The van der Waals surface area contributed by atoms with Crippen LogP contribution in [0.25, 0.3) is 17.2 Å². The summed E-state index contributed by atoms with van der Waals surface area (Å²) in [5.74, 6) is 1.59. The molecule has 1 N–H and O–H groups in total. The van der Waals surface area contributed by atoms with Gasteiger partial charge in [-0.1, -0.05) is 54.9 Å². The molecular weight excluding hydrogens is 364 g/mol. The number of rotatable bonds is 5. The molecule has 2 aromatic heterocycles. The molecule has 0 saturated carbocycles. The zero-order valence-electron chi connectivity index (χ0n) is 14.6. The lowest BCUT2D eigenvalue weighted by molar-refractivity contribution is 0.298. The van der Waals surface area contributed by atoms with Crippen LogP contribution in [0.1, 0.15) is 18.2 Å². The Morgan fingerprint density at radius 3 is 2.70 bits per heavy atom. The van der Waals surface area contributed by atoms with Crippen LogP contribution in [0.5, 0.6) is 5.75 Å². The minimum absolute atomic E-state index is 0.159. The van der Waals surface area contributed by atoms with E-state index in [0.717, 1.165) is 17.5 Å². The topological polar surface area (TPSA) is 72.3 Å². The highest BCUT2D eigenvalue weighted by atomic mass is 35.5. The van der Waals surface area contributed by atoms with Gasteiger partial charge in [0.25, 0.3) is 11.3 Å². The third-order valence-corrected chi connectivity index (χ3v) is 4.59. The fraction of sp³-hybridized carbons (Fsp3) is 0.150. The van der Waals surface area contributed by atoms with Gasteiger partial charge in [0.15, 0.2) is 5.82 Å². The number of nitrogens with zero attached hydrogens (tertiary/aromatic N) is 3. The summed E-state index contributed by atoms with van der Waals surface area (Å²) in [5, 5.41) is 3.64. The van der Waals surface area contributed by atoms with E-state index in [1.807, 2.05) is 55.5 Å². The van der Waals surface area contributed by atoms with Crippen molar-refractivity contribution in [2.24, 2.45) is 0 Å². The Hall–Kier alpha value is -3.12. The van der Waals surface area contributed by atoms with Crippen LogP contribution in [-0.4, -0.2) is 19.6 Å². The molecular formula is C20H17ClN4O2. The first-order valence-corrected chi connectivity index (χ1v) is 8.98. The highest BCUT2D eigenvalue weighted by molar-refractivity contribution is 6.31. The molecule has 0 aliphatic rings. The number of halogens is 1. The van der Waals surface area contributed by atoms with Gasteiger partial charge in [-0.25, -0.2) is 4.98 Å². The van der Waals surface area contributed by atoms with E-state index in [1.165, 1.54) is 10.6 Å². The maximum absolute atomic E-state index is 12.4. The molecule has 2 heterocycles. The van der Waals surface area contributed by atoms with Crippen LogP contribution < -0.4 is 10.3 Å². The number of fused-ring (bicyclic) bond motifs is 1. The Balaban J connectivity index is 1.64. The van der Waals surface area contributed by atoms with Gasteiger partial charge in [0, 0.05) is 22.2 Å². The van der Waals surface area contributed by atoms with Crippen molar-refractivity contribution in [3.05, 3.63) is 81.2 Å². The van der Waals surface area contributed by atoms with Crippen LogP contribution >= 0.6 is 11.6 Å². The van der Waals surface area contributed by atoms with Crippen molar-refractivity contribution in [3.8, 4) is 17.1 Å². The standard InChI is InChI=1S/C20H17ClN4O2/c1-2-15-16(21)9-6-10-17(15)27-12-14-11-18(26)25-20(22-14)23-19(24-25)13-7-4-3-5-8-13/h3-11H,2,12H2,1H3,(H,22,23,24). The van der Waals surface area contributed by atoms with Crippen LogP contribution in [0.3, 0.4) is 0 Å². The van der Waals surface area contributed by atoms with Gasteiger partial charge in [0.2, 0.25) is 0 Å². The average molecular weight is 381 g/mol. The van der Waals surface area contributed by atoms with E-state index in [2.05, 4.69) is 15.1 Å². The lowest BCUT2D eigenvalue weighted by Gasteiger charge is -2.11. The minimum Gasteiger partial charge on any atom is -0.487 e. The highest BCUT2D eigenvalue weighted by Gasteiger charge is 2.11. The molecule has 0 radical (unpaired) electrons. The van der Waals surface area contributed by atoms with Gasteiger partial charge in [-0.2, -0.15) is 9.50 Å². The summed E-state index contributed by atoms with van der Waals surface area (Å²) in [7, 11) is 0. The molecule has 0 spiro atoms. The zero-order chi connectivity index (χ0) is 18.8. The molecule has 7 heteroatoms. The van der Waals surface area contributed by atoms with Crippen molar-refractivity contribution in [1.82, 2.24) is 19.6 Å². The quantitative estimate of drug-likeness (QED) is 0.570. The van der Waals surface area contributed by atoms with Crippen molar-refractivity contribution in [1.29, 1.82) is 0 Å². The highest BCUT2D eigenvalue weighted by Crippen LogP contribution is 2.27. The third-order valence-electron chi connectivity index (χ3n) is 4.24. The molecule has 0 aliphatic carbocycles. The molecule has 27 heavy (non-hydrogen) atoms. The molecule has 6 nitrogen and oxygen atoms in total. The third kappa shape index (κ3) is 3.44. The SMILES string of the molecule is CCc1c(Cl)cccc1OCc1cc(=O)n2[nH]c(-c3ccccc3)nc2n1. The van der Waals surface area contributed by atoms with E-state index in [-0.39, 0.29) is 12.2 Å². The summed E-state index contributed by atoms with van der Waals surface area (Å²) in [6, 6.07) is 16.5. The van der Waals surface area contributed by atoms with E-state index < -0.39 is 0 Å². The van der Waals surface area contributed by atoms with Gasteiger partial charge < -0.3 is 4.74 Å². The fourth-order valence-electron chi connectivity index (χ4n) is 2.90. The first-order valence-electron chi connectivity index (χ1n) is 8.60. The van der Waals surface area contributed by atoms with Crippen LogP contribution in [-0.2, 0) is 13.0 Å². The molecule has 0 saturated heterocycles. The zero-order valence-corrected chi connectivity index (χ0v) is 15.4. The molecule has 2 aromatic carbocycles. The number of hydrogen-bond donors (Lipinski definition) is 1. The van der Waals surface area contributed by atoms with Crippen molar-refractivity contribution < 1.29 is 4.74 Å². The number of ether oxygens (including phenoxy) is 1. The predicted octanol–water partition coefficient (Wildman–Crippen LogP) is 3.88. The van der Waals surface area contributed by atoms with E-state index in [1.54, 1.807) is 0 Å². The summed E-state index contributed by atoms with van der Waals surface area (Å²) in [6.45, 7) is 2.17. The lowest BCUT2D eigenvalue weighted by Crippen LogP contribution is -2.16. The maximum Gasteiger partial charge on any atom is 0.274 e. The Morgan fingerprint density at radius 2 is 1.93 bits per heavy atom. The number of benzene rings is 2. The molecule has 0 unspecified atom stereocenters. The van der Waals surface area contributed by atoms with Crippen LogP contribution in [0.2, 0.25) is 5.02 Å². The van der Waals surface area contributed by atoms with Crippen molar-refractivity contribution in [2.45, 2.75) is 20.0 Å². The van der Waals surface area contributed by atoms with E-state index >= 15 is 0 Å². The lowest BCUT2D eigenvalue weighted by atomic mass is 10.1. The van der Waals surface area contributed by atoms with Gasteiger partial charge >= 0.3 is 0 Å². The number of H-pyrrole nitrogens is 1. The Labute approximate surface area is 160 Å². The van der Waals surface area contributed by atoms with E-state index in [9.17, 15) is 4.79 Å². The second-order valence-electron chi connectivity index (χ2n) is 6.02. The van der Waals surface area contributed by atoms with Crippen molar-refractivity contribution in [2.75, 3.05) is 0 Å². The molecule has 136 valence electrons. The summed E-state index contributed by atoms with van der Waals surface area (Å²) < 4.78 is 7.18. The van der Waals surface area contributed by atoms with Gasteiger partial charge in [0.05, 0.1) is 5.69 Å². The fourth-order valence-corrected chi connectivity index (χ4v) is 3.19. The van der Waals surface area contributed by atoms with Crippen LogP contribution in [0.4, 0.5) is 0 Å². The summed E-state index contributed by atoms with van der Waals surface area (Å²) in [4.78, 5) is 21.3. The average Bonchev–Trinajstić information content (AvgIpc) is 3.12. The second-order valence-corrected chi connectivity index (χ2v) is 6.43. The van der Waals surface area contributed by atoms with Gasteiger partial charge in [-0.15, -0.1) is 0 Å². The van der Waals surface area contributed by atoms with E-state index in [4.69, 9.17) is 16.3 Å². The first kappa shape index (κ1) is 17.3. The number of aromatic nitrogens is 4. The first-order chi connectivity index (χ1) is 13.2. The summed E-state index contributed by atoms with van der Waals surface area (Å²) in [5.41, 5.74) is 2.08. The molecule has 4 rings (SSSR count). The number of nitrogens with one attached hydrogen (secondary N) is 1. The number of hydrogen-bond acceptors (Lipinski definition) is 4. The monoisotopic (exact) mass is 380 g/mol. The molecule has 0 amide bonds. The van der Waals surface area contributed by atoms with Gasteiger partial charge in [0.1, 0.15) is 12.4 Å². The Bertz CT molecular complexity index is 1150. The molecule has 0 aliphatic heterocycles. The van der Waals surface area contributed by atoms with Crippen LogP contribution in [0, 0.1) is 0 Å². The van der Waals surface area contributed by atoms with Crippen LogP contribution in [0.15, 0.2) is 59.4 Å². The van der Waals surface area contributed by atoms with E-state index in [0.29, 0.717) is 28.1 Å². The molecule has 4 aromatic rings.